The maximum Gasteiger partial charge on any atom is 0.271 e. The second-order valence-corrected chi connectivity index (χ2v) is 12.1. The average molecular weight is 596 g/mol. The third kappa shape index (κ3) is 4.15. The van der Waals surface area contributed by atoms with Crippen LogP contribution in [0.5, 0.6) is 11.5 Å². The number of rotatable bonds is 5. The predicted molar refractivity (Wildman–Crippen MR) is 176 cm³/mol. The maximum atomic E-state index is 14.5. The minimum Gasteiger partial charge on any atom is -0.497 e. The summed E-state index contributed by atoms with van der Waals surface area (Å²) in [7, 11) is 3.34. The van der Waals surface area contributed by atoms with Gasteiger partial charge in [0.25, 0.3) is 5.56 Å². The fourth-order valence-corrected chi connectivity index (χ4v) is 7.59. The van der Waals surface area contributed by atoms with E-state index in [1.807, 2.05) is 53.1 Å². The Kier molecular flexibility index (Phi) is 6.34. The summed E-state index contributed by atoms with van der Waals surface area (Å²) in [6.07, 6.45) is 3.78. The molecular formula is C37H29N3O3S. The highest BCUT2D eigenvalue weighted by Crippen LogP contribution is 2.41. The van der Waals surface area contributed by atoms with E-state index in [1.54, 1.807) is 14.2 Å². The number of benzene rings is 4. The summed E-state index contributed by atoms with van der Waals surface area (Å²) in [6, 6.07) is 32.5. The van der Waals surface area contributed by atoms with Gasteiger partial charge in [-0.2, -0.15) is 0 Å². The Labute approximate surface area is 257 Å². The van der Waals surface area contributed by atoms with Crippen LogP contribution in [-0.4, -0.2) is 23.8 Å². The fourth-order valence-electron chi connectivity index (χ4n) is 6.60. The molecule has 44 heavy (non-hydrogen) atoms. The van der Waals surface area contributed by atoms with Crippen LogP contribution in [0.1, 0.15) is 34.7 Å². The first-order chi connectivity index (χ1) is 21.6. The van der Waals surface area contributed by atoms with Gasteiger partial charge in [-0.25, -0.2) is 4.99 Å². The molecule has 2 aliphatic rings. The minimum atomic E-state index is -0.251. The third-order valence-electron chi connectivity index (χ3n) is 8.70. The van der Waals surface area contributed by atoms with Gasteiger partial charge < -0.3 is 14.5 Å². The number of para-hydroxylation sites is 1. The molecule has 7 heteroatoms. The zero-order valence-electron chi connectivity index (χ0n) is 24.3. The van der Waals surface area contributed by atoms with Crippen LogP contribution in [0.4, 0.5) is 0 Å². The predicted octanol–water partition coefficient (Wildman–Crippen LogP) is 6.48. The monoisotopic (exact) mass is 595 g/mol. The van der Waals surface area contributed by atoms with E-state index in [-0.39, 0.29) is 11.6 Å². The van der Waals surface area contributed by atoms with Crippen molar-refractivity contribution in [3.8, 4) is 22.8 Å². The molecule has 0 spiro atoms. The molecule has 0 bridgehead atoms. The molecule has 1 aliphatic carbocycles. The molecule has 6 aromatic rings. The fraction of sp³-hybridized carbons (Fsp3) is 0.135. The van der Waals surface area contributed by atoms with E-state index >= 15 is 0 Å². The number of H-pyrrole nitrogens is 1. The van der Waals surface area contributed by atoms with Crippen molar-refractivity contribution in [1.82, 2.24) is 9.55 Å². The number of aromatic amines is 1. The first-order valence-corrected chi connectivity index (χ1v) is 15.5. The molecule has 216 valence electrons. The lowest BCUT2D eigenvalue weighted by Crippen LogP contribution is -2.38. The van der Waals surface area contributed by atoms with Crippen molar-refractivity contribution in [2.24, 2.45) is 4.99 Å². The van der Waals surface area contributed by atoms with Crippen LogP contribution >= 0.6 is 11.3 Å². The Hall–Kier alpha value is -5.14. The summed E-state index contributed by atoms with van der Waals surface area (Å²) in [4.78, 5) is 24.0. The highest BCUT2D eigenvalue weighted by Gasteiger charge is 2.32. The van der Waals surface area contributed by atoms with E-state index in [1.165, 1.54) is 22.5 Å². The normalized spacial score (nSPS) is 15.9. The third-order valence-corrected chi connectivity index (χ3v) is 9.68. The molecule has 3 heterocycles. The lowest BCUT2D eigenvalue weighted by atomic mass is 9.83. The zero-order chi connectivity index (χ0) is 29.8. The van der Waals surface area contributed by atoms with Gasteiger partial charge in [-0.3, -0.25) is 9.36 Å². The van der Waals surface area contributed by atoms with Crippen molar-refractivity contribution in [3.05, 3.63) is 145 Å². The number of thiazole rings is 1. The van der Waals surface area contributed by atoms with E-state index in [0.29, 0.717) is 9.33 Å². The van der Waals surface area contributed by atoms with Gasteiger partial charge in [-0.15, -0.1) is 0 Å². The number of aryl methyl sites for hydroxylation is 1. The van der Waals surface area contributed by atoms with Crippen LogP contribution in [0, 0.1) is 0 Å². The molecule has 0 amide bonds. The number of fused-ring (bicyclic) bond motifs is 4. The van der Waals surface area contributed by atoms with Crippen LogP contribution < -0.4 is 24.4 Å². The van der Waals surface area contributed by atoms with Gasteiger partial charge in [0.1, 0.15) is 11.5 Å². The Bertz CT molecular complexity index is 2280. The van der Waals surface area contributed by atoms with Gasteiger partial charge in [0, 0.05) is 16.5 Å². The number of nitrogens with zero attached hydrogens (tertiary/aromatic N) is 2. The highest BCUT2D eigenvalue weighted by molar-refractivity contribution is 7.07. The molecule has 6 nitrogen and oxygen atoms in total. The molecule has 1 N–H and O–H groups in total. The summed E-state index contributed by atoms with van der Waals surface area (Å²) < 4.78 is 13.7. The number of allylic oxidation sites excluding steroid dienone is 1. The summed E-state index contributed by atoms with van der Waals surface area (Å²) in [6.45, 7) is 0. The molecule has 2 aromatic heterocycles. The molecule has 0 unspecified atom stereocenters. The van der Waals surface area contributed by atoms with Crippen LogP contribution in [0.3, 0.4) is 0 Å². The molecular weight excluding hydrogens is 566 g/mol. The van der Waals surface area contributed by atoms with Crippen LogP contribution in [0.25, 0.3) is 33.9 Å². The maximum absolute atomic E-state index is 14.5. The van der Waals surface area contributed by atoms with Crippen molar-refractivity contribution in [2.75, 3.05) is 14.2 Å². The molecule has 0 fully saturated rings. The van der Waals surface area contributed by atoms with E-state index in [4.69, 9.17) is 14.5 Å². The Morgan fingerprint density at radius 2 is 1.68 bits per heavy atom. The zero-order valence-corrected chi connectivity index (χ0v) is 25.2. The van der Waals surface area contributed by atoms with Gasteiger partial charge in [-0.1, -0.05) is 90.2 Å². The van der Waals surface area contributed by atoms with Crippen molar-refractivity contribution < 1.29 is 9.47 Å². The SMILES string of the molecule is COc1ccc([C@H]2C3=C(N=c4s/c(=C/c5c(-c6ccccc6)[nH]c6c(OC)cccc56)c(=O)n42)c2ccccc2CC3)cc1. The van der Waals surface area contributed by atoms with E-state index < -0.39 is 0 Å². The number of ether oxygens (including phenoxy) is 2. The van der Waals surface area contributed by atoms with Crippen molar-refractivity contribution in [3.63, 3.8) is 0 Å². The second-order valence-electron chi connectivity index (χ2n) is 11.0. The second kappa shape index (κ2) is 10.5. The van der Waals surface area contributed by atoms with Gasteiger partial charge >= 0.3 is 0 Å². The number of methoxy groups -OCH3 is 2. The van der Waals surface area contributed by atoms with Crippen LogP contribution in [0.15, 0.2) is 112 Å². The van der Waals surface area contributed by atoms with Crippen LogP contribution in [-0.2, 0) is 6.42 Å². The van der Waals surface area contributed by atoms with Crippen molar-refractivity contribution in [2.45, 2.75) is 18.9 Å². The summed E-state index contributed by atoms with van der Waals surface area (Å²) in [5.74, 6) is 1.54. The van der Waals surface area contributed by atoms with Gasteiger partial charge in [-0.05, 0) is 59.4 Å². The van der Waals surface area contributed by atoms with E-state index in [2.05, 4.69) is 59.6 Å². The van der Waals surface area contributed by atoms with Gasteiger partial charge in [0.15, 0.2) is 4.80 Å². The topological polar surface area (TPSA) is 68.6 Å². The largest absolute Gasteiger partial charge is 0.497 e. The molecule has 4 aromatic carbocycles. The van der Waals surface area contributed by atoms with Gasteiger partial charge in [0.05, 0.1) is 41.7 Å². The van der Waals surface area contributed by atoms with E-state index in [0.717, 1.165) is 68.9 Å². The average Bonchev–Trinajstić information content (AvgIpc) is 3.61. The first kappa shape index (κ1) is 26.5. The first-order valence-electron chi connectivity index (χ1n) is 14.7. The smallest absolute Gasteiger partial charge is 0.271 e. The molecule has 0 saturated carbocycles. The quantitative estimate of drug-likeness (QED) is 0.248. The van der Waals surface area contributed by atoms with Crippen LogP contribution in [0.2, 0.25) is 0 Å². The minimum absolute atomic E-state index is 0.0452. The molecule has 0 saturated heterocycles. The lowest BCUT2D eigenvalue weighted by molar-refractivity contribution is 0.414. The Morgan fingerprint density at radius 1 is 0.886 bits per heavy atom. The number of nitrogens with one attached hydrogen (secondary N) is 1. The number of aromatic nitrogens is 2. The molecule has 8 rings (SSSR count). The molecule has 1 atom stereocenters. The Balaban J connectivity index is 1.40. The summed E-state index contributed by atoms with van der Waals surface area (Å²) >= 11 is 1.44. The standard InChI is InChI=1S/C37H29N3O3S/c1-42-25-18-15-24(16-19-25)35-28-20-17-22-9-6-7-12-26(22)33(28)39-37-40(35)36(41)31(44-37)21-29-27-13-8-14-30(43-2)34(27)38-32(29)23-10-4-3-5-11-23/h3-16,18-19,21,35,38H,17,20H2,1-2H3/b31-21+/t35-/m0/s1. The number of hydrogen-bond acceptors (Lipinski definition) is 5. The van der Waals surface area contributed by atoms with Crippen molar-refractivity contribution in [1.29, 1.82) is 0 Å². The molecule has 1 aliphatic heterocycles. The van der Waals surface area contributed by atoms with Crippen molar-refractivity contribution >= 4 is 34.0 Å². The Morgan fingerprint density at radius 3 is 2.48 bits per heavy atom. The van der Waals surface area contributed by atoms with E-state index in [9.17, 15) is 4.79 Å². The summed E-state index contributed by atoms with van der Waals surface area (Å²) in [5.41, 5.74) is 9.43. The lowest BCUT2D eigenvalue weighted by Gasteiger charge is -2.30. The number of hydrogen-bond donors (Lipinski definition) is 1. The summed E-state index contributed by atoms with van der Waals surface area (Å²) in [5, 5.41) is 0.994. The highest BCUT2D eigenvalue weighted by atomic mass is 32.1. The molecule has 0 radical (unpaired) electrons. The van der Waals surface area contributed by atoms with Gasteiger partial charge in [0.2, 0.25) is 0 Å².